The first kappa shape index (κ1) is 13.6. The van der Waals surface area contributed by atoms with Gasteiger partial charge in [-0.2, -0.15) is 13.2 Å². The van der Waals surface area contributed by atoms with Gasteiger partial charge in [-0.1, -0.05) is 0 Å². The molecule has 18 heavy (non-hydrogen) atoms. The molecule has 3 nitrogen and oxygen atoms in total. The van der Waals surface area contributed by atoms with Crippen molar-refractivity contribution < 1.29 is 18.0 Å². The molecule has 1 saturated carbocycles. The molecule has 1 N–H and O–H groups in total. The summed E-state index contributed by atoms with van der Waals surface area (Å²) >= 11 is 0. The Hall–Kier alpha value is -0.780. The van der Waals surface area contributed by atoms with Crippen molar-refractivity contribution in [1.82, 2.24) is 10.2 Å². The minimum absolute atomic E-state index is 0.0437. The van der Waals surface area contributed by atoms with Gasteiger partial charge in [-0.15, -0.1) is 0 Å². The second-order valence-electron chi connectivity index (χ2n) is 5.49. The largest absolute Gasteiger partial charge is 0.390 e. The number of alkyl halides is 3. The minimum atomic E-state index is -4.19. The summed E-state index contributed by atoms with van der Waals surface area (Å²) in [5.41, 5.74) is 0.0921. The number of nitrogens with zero attached hydrogens (tertiary/aromatic N) is 1. The molecule has 6 heteroatoms. The highest BCUT2D eigenvalue weighted by molar-refractivity contribution is 5.82. The fraction of sp³-hybridized carbons (Fsp3) is 0.917. The van der Waals surface area contributed by atoms with Crippen LogP contribution in [0.1, 0.15) is 25.7 Å². The lowest BCUT2D eigenvalue weighted by atomic mass is 9.91. The molecule has 1 heterocycles. The average Bonchev–Trinajstić information content (AvgIpc) is 2.99. The zero-order valence-corrected chi connectivity index (χ0v) is 10.5. The Morgan fingerprint density at radius 3 is 2.56 bits per heavy atom. The lowest BCUT2D eigenvalue weighted by molar-refractivity contribution is -0.145. The first-order valence-electron chi connectivity index (χ1n) is 6.37. The maximum atomic E-state index is 12.1. The molecule has 1 aliphatic heterocycles. The molecule has 0 aromatic carbocycles. The summed E-state index contributed by atoms with van der Waals surface area (Å²) in [4.78, 5) is 13.3. The number of carbonyl (C=O) groups is 1. The van der Waals surface area contributed by atoms with Crippen LogP contribution in [0.5, 0.6) is 0 Å². The van der Waals surface area contributed by atoms with Crippen LogP contribution in [-0.4, -0.2) is 43.7 Å². The number of hydrogen-bond donors (Lipinski definition) is 1. The van der Waals surface area contributed by atoms with Gasteiger partial charge in [0.15, 0.2) is 0 Å². The van der Waals surface area contributed by atoms with Gasteiger partial charge in [0.05, 0.1) is 6.42 Å². The standard InChI is InChI=1S/C12H19F3N2O/c1-17(7-4-12(13,14)15)10(18)9-8-11(9)2-5-16-6-3-11/h9,16H,2-8H2,1H3. The molecule has 0 radical (unpaired) electrons. The van der Waals surface area contributed by atoms with E-state index in [4.69, 9.17) is 0 Å². The van der Waals surface area contributed by atoms with E-state index in [-0.39, 0.29) is 23.8 Å². The summed E-state index contributed by atoms with van der Waals surface area (Å²) in [5, 5.41) is 3.24. The monoisotopic (exact) mass is 264 g/mol. The third-order valence-corrected chi connectivity index (χ3v) is 4.19. The van der Waals surface area contributed by atoms with Gasteiger partial charge in [-0.05, 0) is 37.8 Å². The van der Waals surface area contributed by atoms with Gasteiger partial charge in [0, 0.05) is 19.5 Å². The van der Waals surface area contributed by atoms with Crippen molar-refractivity contribution in [3.05, 3.63) is 0 Å². The predicted octanol–water partition coefficient (Wildman–Crippen LogP) is 1.79. The Bertz CT molecular complexity index is 324. The maximum absolute atomic E-state index is 12.1. The van der Waals surface area contributed by atoms with E-state index in [1.807, 2.05) is 0 Å². The normalized spacial score (nSPS) is 26.1. The van der Waals surface area contributed by atoms with Crippen molar-refractivity contribution in [3.63, 3.8) is 0 Å². The van der Waals surface area contributed by atoms with Crippen LogP contribution in [0.4, 0.5) is 13.2 Å². The molecular weight excluding hydrogens is 245 g/mol. The maximum Gasteiger partial charge on any atom is 0.390 e. The van der Waals surface area contributed by atoms with Crippen molar-refractivity contribution in [2.24, 2.45) is 11.3 Å². The quantitative estimate of drug-likeness (QED) is 0.843. The van der Waals surface area contributed by atoms with Gasteiger partial charge >= 0.3 is 6.18 Å². The smallest absolute Gasteiger partial charge is 0.345 e. The molecule has 2 fully saturated rings. The molecule has 2 aliphatic rings. The summed E-state index contributed by atoms with van der Waals surface area (Å²) < 4.78 is 36.3. The van der Waals surface area contributed by atoms with Crippen molar-refractivity contribution >= 4 is 5.91 Å². The van der Waals surface area contributed by atoms with Crippen LogP contribution in [0, 0.1) is 11.3 Å². The van der Waals surface area contributed by atoms with Gasteiger partial charge in [0.2, 0.25) is 5.91 Å². The summed E-state index contributed by atoms with van der Waals surface area (Å²) in [6.07, 6.45) is -2.32. The van der Waals surface area contributed by atoms with Crippen LogP contribution < -0.4 is 5.32 Å². The Morgan fingerprint density at radius 1 is 1.39 bits per heavy atom. The number of rotatable bonds is 3. The number of nitrogens with one attached hydrogen (secondary N) is 1. The highest BCUT2D eigenvalue weighted by Gasteiger charge is 2.58. The van der Waals surface area contributed by atoms with E-state index in [2.05, 4.69) is 5.32 Å². The molecule has 0 aromatic rings. The summed E-state index contributed by atoms with van der Waals surface area (Å²) in [5.74, 6) is -0.154. The average molecular weight is 264 g/mol. The van der Waals surface area contributed by atoms with Gasteiger partial charge in [0.1, 0.15) is 0 Å². The van der Waals surface area contributed by atoms with Gasteiger partial charge in [-0.25, -0.2) is 0 Å². The minimum Gasteiger partial charge on any atom is -0.345 e. The summed E-state index contributed by atoms with van der Waals surface area (Å²) in [6.45, 7) is 1.60. The Balaban J connectivity index is 1.82. The van der Waals surface area contributed by atoms with Crippen LogP contribution in [0.2, 0.25) is 0 Å². The van der Waals surface area contributed by atoms with Crippen molar-refractivity contribution in [3.8, 4) is 0 Å². The number of amides is 1. The molecule has 2 rings (SSSR count). The van der Waals surface area contributed by atoms with Crippen LogP contribution in [-0.2, 0) is 4.79 Å². The SMILES string of the molecule is CN(CCC(F)(F)F)C(=O)C1CC12CCNCC2. The third kappa shape index (κ3) is 2.96. The molecule has 1 unspecified atom stereocenters. The zero-order valence-electron chi connectivity index (χ0n) is 10.5. The van der Waals surface area contributed by atoms with E-state index < -0.39 is 12.6 Å². The first-order chi connectivity index (χ1) is 8.34. The summed E-state index contributed by atoms with van der Waals surface area (Å²) in [6, 6.07) is 0. The van der Waals surface area contributed by atoms with Crippen molar-refractivity contribution in [2.45, 2.75) is 31.9 Å². The fourth-order valence-corrected chi connectivity index (χ4v) is 2.84. The van der Waals surface area contributed by atoms with Crippen molar-refractivity contribution in [2.75, 3.05) is 26.7 Å². The van der Waals surface area contributed by atoms with Gasteiger partial charge in [-0.3, -0.25) is 4.79 Å². The van der Waals surface area contributed by atoms with E-state index in [1.165, 1.54) is 11.9 Å². The van der Waals surface area contributed by atoms with E-state index in [0.29, 0.717) is 0 Å². The number of piperidine rings is 1. The van der Waals surface area contributed by atoms with Crippen molar-refractivity contribution in [1.29, 1.82) is 0 Å². The lowest BCUT2D eigenvalue weighted by Crippen LogP contribution is -2.36. The molecule has 1 spiro atoms. The highest BCUT2D eigenvalue weighted by Crippen LogP contribution is 2.59. The van der Waals surface area contributed by atoms with E-state index in [9.17, 15) is 18.0 Å². The van der Waals surface area contributed by atoms with Crippen LogP contribution in [0.25, 0.3) is 0 Å². The topological polar surface area (TPSA) is 32.3 Å². The zero-order chi connectivity index (χ0) is 13.4. The molecule has 0 aromatic heterocycles. The molecule has 1 saturated heterocycles. The number of carbonyl (C=O) groups excluding carboxylic acids is 1. The van der Waals surface area contributed by atoms with E-state index >= 15 is 0 Å². The lowest BCUT2D eigenvalue weighted by Gasteiger charge is -2.25. The number of hydrogen-bond acceptors (Lipinski definition) is 2. The molecule has 1 aliphatic carbocycles. The fourth-order valence-electron chi connectivity index (χ4n) is 2.84. The van der Waals surface area contributed by atoms with Gasteiger partial charge < -0.3 is 10.2 Å². The van der Waals surface area contributed by atoms with Crippen LogP contribution in [0.15, 0.2) is 0 Å². The Labute approximate surface area is 105 Å². The summed E-state index contributed by atoms with van der Waals surface area (Å²) in [7, 11) is 1.47. The first-order valence-corrected chi connectivity index (χ1v) is 6.37. The van der Waals surface area contributed by atoms with E-state index in [1.54, 1.807) is 0 Å². The van der Waals surface area contributed by atoms with Gasteiger partial charge in [0.25, 0.3) is 0 Å². The molecule has 0 bridgehead atoms. The number of halogens is 3. The van der Waals surface area contributed by atoms with E-state index in [0.717, 1.165) is 32.4 Å². The van der Waals surface area contributed by atoms with Crippen LogP contribution >= 0.6 is 0 Å². The second-order valence-corrected chi connectivity index (χ2v) is 5.49. The molecule has 1 atom stereocenters. The molecule has 104 valence electrons. The second kappa shape index (κ2) is 4.72. The Morgan fingerprint density at radius 2 is 2.00 bits per heavy atom. The third-order valence-electron chi connectivity index (χ3n) is 4.19. The Kier molecular flexibility index (Phi) is 3.58. The van der Waals surface area contributed by atoms with Crippen LogP contribution in [0.3, 0.4) is 0 Å². The molecule has 1 amide bonds. The predicted molar refractivity (Wildman–Crippen MR) is 61.0 cm³/mol. The highest BCUT2D eigenvalue weighted by atomic mass is 19.4. The molecular formula is C12H19F3N2O.